The average molecular weight is 246 g/mol. The van der Waals surface area contributed by atoms with Gasteiger partial charge in [-0.1, -0.05) is 12.1 Å². The fraction of sp³-hybridized carbons (Fsp3) is 0.600. The van der Waals surface area contributed by atoms with Crippen molar-refractivity contribution in [2.75, 3.05) is 25.0 Å². The molecule has 1 saturated heterocycles. The maximum atomic E-state index is 5.63. The molecule has 0 saturated carbocycles. The second kappa shape index (κ2) is 5.72. The smallest absolute Gasteiger partial charge is 0.0700 e. The van der Waals surface area contributed by atoms with Gasteiger partial charge in [-0.05, 0) is 42.9 Å². The van der Waals surface area contributed by atoms with Crippen LogP contribution in [-0.2, 0) is 17.7 Å². The van der Waals surface area contributed by atoms with Gasteiger partial charge in [-0.15, -0.1) is 0 Å². The van der Waals surface area contributed by atoms with Crippen molar-refractivity contribution in [2.45, 2.75) is 38.3 Å². The van der Waals surface area contributed by atoms with E-state index < -0.39 is 0 Å². The van der Waals surface area contributed by atoms with Gasteiger partial charge in [-0.25, -0.2) is 0 Å². The van der Waals surface area contributed by atoms with E-state index in [2.05, 4.69) is 28.8 Å². The van der Waals surface area contributed by atoms with Crippen molar-refractivity contribution in [3.05, 3.63) is 29.3 Å². The molecule has 0 bridgehead atoms. The molecule has 2 aliphatic heterocycles. The molecule has 0 spiro atoms. The average Bonchev–Trinajstić information content (AvgIpc) is 2.92. The van der Waals surface area contributed by atoms with E-state index >= 15 is 0 Å². The zero-order valence-corrected chi connectivity index (χ0v) is 10.9. The van der Waals surface area contributed by atoms with E-state index in [1.165, 1.54) is 42.5 Å². The second-order valence-corrected chi connectivity index (χ2v) is 5.24. The van der Waals surface area contributed by atoms with Crippen LogP contribution >= 0.6 is 0 Å². The topological polar surface area (TPSA) is 33.3 Å². The van der Waals surface area contributed by atoms with E-state index in [1.54, 1.807) is 0 Å². The van der Waals surface area contributed by atoms with E-state index in [-0.39, 0.29) is 0 Å². The Morgan fingerprint density at radius 3 is 3.22 bits per heavy atom. The molecule has 2 N–H and O–H groups in total. The minimum Gasteiger partial charge on any atom is -0.385 e. The van der Waals surface area contributed by atoms with Crippen LogP contribution in [0.25, 0.3) is 0 Å². The first-order valence-corrected chi connectivity index (χ1v) is 7.10. The summed E-state index contributed by atoms with van der Waals surface area (Å²) in [5.41, 5.74) is 4.28. The Kier molecular flexibility index (Phi) is 3.81. The van der Waals surface area contributed by atoms with Crippen molar-refractivity contribution in [1.29, 1.82) is 0 Å². The third kappa shape index (κ3) is 2.68. The molecule has 2 heterocycles. The summed E-state index contributed by atoms with van der Waals surface area (Å²) < 4.78 is 5.63. The van der Waals surface area contributed by atoms with Gasteiger partial charge in [0.1, 0.15) is 0 Å². The quantitative estimate of drug-likeness (QED) is 0.855. The van der Waals surface area contributed by atoms with Gasteiger partial charge in [0.2, 0.25) is 0 Å². The number of anilines is 1. The van der Waals surface area contributed by atoms with Crippen LogP contribution in [0.1, 0.15) is 30.4 Å². The van der Waals surface area contributed by atoms with Crippen molar-refractivity contribution in [3.8, 4) is 0 Å². The van der Waals surface area contributed by atoms with Crippen molar-refractivity contribution < 1.29 is 4.74 Å². The standard InChI is InChI=1S/C15H22N2O/c1-4-12(10-16-11-13-5-3-9-18-13)14-6-2-8-17-15(14)7-1/h1,4,7,13,16-17H,2-3,5-6,8-11H2. The summed E-state index contributed by atoms with van der Waals surface area (Å²) in [5, 5.41) is 7.02. The predicted octanol–water partition coefficient (Wildman–Crippen LogP) is 2.31. The van der Waals surface area contributed by atoms with Gasteiger partial charge in [0.25, 0.3) is 0 Å². The Morgan fingerprint density at radius 2 is 2.33 bits per heavy atom. The molecule has 1 unspecified atom stereocenters. The van der Waals surface area contributed by atoms with E-state index in [1.807, 2.05) is 0 Å². The van der Waals surface area contributed by atoms with E-state index in [0.29, 0.717) is 6.10 Å². The van der Waals surface area contributed by atoms with Crippen LogP contribution in [-0.4, -0.2) is 25.8 Å². The number of benzene rings is 1. The second-order valence-electron chi connectivity index (χ2n) is 5.24. The maximum Gasteiger partial charge on any atom is 0.0700 e. The minimum absolute atomic E-state index is 0.433. The molecule has 0 amide bonds. The number of nitrogens with one attached hydrogen (secondary N) is 2. The summed E-state index contributed by atoms with van der Waals surface area (Å²) in [6.07, 6.45) is 5.32. The third-order valence-electron chi connectivity index (χ3n) is 3.90. The lowest BCUT2D eigenvalue weighted by molar-refractivity contribution is 0.110. The normalized spacial score (nSPS) is 22.6. The van der Waals surface area contributed by atoms with Crippen LogP contribution < -0.4 is 10.6 Å². The molecule has 3 heteroatoms. The molecular weight excluding hydrogens is 224 g/mol. The number of rotatable bonds is 4. The number of hydrogen-bond acceptors (Lipinski definition) is 3. The highest BCUT2D eigenvalue weighted by molar-refractivity contribution is 5.56. The molecule has 2 aliphatic rings. The van der Waals surface area contributed by atoms with Gasteiger partial charge in [-0.3, -0.25) is 0 Å². The summed E-state index contributed by atoms with van der Waals surface area (Å²) in [5.74, 6) is 0. The molecule has 1 fully saturated rings. The first-order chi connectivity index (χ1) is 8.93. The van der Waals surface area contributed by atoms with Gasteiger partial charge in [0.15, 0.2) is 0 Å². The Hall–Kier alpha value is -1.06. The Morgan fingerprint density at radius 1 is 1.33 bits per heavy atom. The van der Waals surface area contributed by atoms with Gasteiger partial charge >= 0.3 is 0 Å². The Bertz CT molecular complexity index is 399. The fourth-order valence-corrected chi connectivity index (χ4v) is 2.92. The zero-order chi connectivity index (χ0) is 12.2. The van der Waals surface area contributed by atoms with Gasteiger partial charge < -0.3 is 15.4 Å². The summed E-state index contributed by atoms with van der Waals surface area (Å²) in [7, 11) is 0. The summed E-state index contributed by atoms with van der Waals surface area (Å²) in [4.78, 5) is 0. The molecule has 98 valence electrons. The van der Waals surface area contributed by atoms with Crippen LogP contribution in [0.2, 0.25) is 0 Å². The summed E-state index contributed by atoms with van der Waals surface area (Å²) in [6, 6.07) is 6.59. The van der Waals surface area contributed by atoms with Crippen molar-refractivity contribution in [3.63, 3.8) is 0 Å². The molecule has 1 aromatic rings. The lowest BCUT2D eigenvalue weighted by Crippen LogP contribution is -2.26. The molecular formula is C15H22N2O. The van der Waals surface area contributed by atoms with E-state index in [0.717, 1.165) is 26.2 Å². The van der Waals surface area contributed by atoms with E-state index in [9.17, 15) is 0 Å². The number of fused-ring (bicyclic) bond motifs is 1. The maximum absolute atomic E-state index is 5.63. The molecule has 1 atom stereocenters. The summed E-state index contributed by atoms with van der Waals surface area (Å²) in [6.45, 7) is 4.00. The SMILES string of the molecule is c1cc(CNCC2CCCO2)c2c(c1)NCCC2. The molecule has 0 radical (unpaired) electrons. The highest BCUT2D eigenvalue weighted by atomic mass is 16.5. The van der Waals surface area contributed by atoms with Crippen LogP contribution in [0.15, 0.2) is 18.2 Å². The van der Waals surface area contributed by atoms with Gasteiger partial charge in [-0.2, -0.15) is 0 Å². The lowest BCUT2D eigenvalue weighted by atomic mass is 9.97. The fourth-order valence-electron chi connectivity index (χ4n) is 2.92. The van der Waals surface area contributed by atoms with Crippen LogP contribution in [0.3, 0.4) is 0 Å². The molecule has 3 rings (SSSR count). The van der Waals surface area contributed by atoms with Crippen molar-refractivity contribution in [2.24, 2.45) is 0 Å². The van der Waals surface area contributed by atoms with Gasteiger partial charge in [0.05, 0.1) is 6.10 Å². The molecule has 1 aromatic carbocycles. The molecule has 18 heavy (non-hydrogen) atoms. The van der Waals surface area contributed by atoms with Crippen LogP contribution in [0, 0.1) is 0 Å². The highest BCUT2D eigenvalue weighted by Crippen LogP contribution is 2.25. The molecule has 0 aliphatic carbocycles. The highest BCUT2D eigenvalue weighted by Gasteiger charge is 2.16. The Balaban J connectivity index is 1.58. The summed E-state index contributed by atoms with van der Waals surface area (Å²) >= 11 is 0. The first kappa shape index (κ1) is 12.0. The van der Waals surface area contributed by atoms with Crippen molar-refractivity contribution >= 4 is 5.69 Å². The zero-order valence-electron chi connectivity index (χ0n) is 10.9. The first-order valence-electron chi connectivity index (χ1n) is 7.10. The van der Waals surface area contributed by atoms with Crippen LogP contribution in [0.4, 0.5) is 5.69 Å². The molecule has 0 aromatic heterocycles. The predicted molar refractivity (Wildman–Crippen MR) is 73.9 cm³/mol. The monoisotopic (exact) mass is 246 g/mol. The minimum atomic E-state index is 0.433. The van der Waals surface area contributed by atoms with E-state index in [4.69, 9.17) is 4.74 Å². The van der Waals surface area contributed by atoms with Crippen LogP contribution in [0.5, 0.6) is 0 Å². The number of hydrogen-bond donors (Lipinski definition) is 2. The number of ether oxygens (including phenoxy) is 1. The van der Waals surface area contributed by atoms with Gasteiger partial charge in [0, 0.05) is 31.9 Å². The Labute approximate surface area is 109 Å². The molecule has 3 nitrogen and oxygen atoms in total. The third-order valence-corrected chi connectivity index (χ3v) is 3.90. The lowest BCUT2D eigenvalue weighted by Gasteiger charge is -2.21. The largest absolute Gasteiger partial charge is 0.385 e. The van der Waals surface area contributed by atoms with Crippen molar-refractivity contribution in [1.82, 2.24) is 5.32 Å².